The standard InChI is InChI=1S/C11H14FN3/c12-8(7-13)5-6-11-14-9-3-1-2-4-10(9)15-11/h1-4,8H,5-7,13H2,(H,14,15). The molecular formula is C11H14FN3. The fourth-order valence-electron chi connectivity index (χ4n) is 1.54. The Bertz CT molecular complexity index is 405. The number of alkyl halides is 1. The number of aromatic amines is 1. The number of aromatic nitrogens is 2. The number of nitrogens with two attached hydrogens (primary N) is 1. The van der Waals surface area contributed by atoms with E-state index in [0.717, 1.165) is 16.9 Å². The Balaban J connectivity index is 2.09. The quantitative estimate of drug-likeness (QED) is 0.803. The fraction of sp³-hybridized carbons (Fsp3) is 0.364. The molecule has 0 fully saturated rings. The normalized spacial score (nSPS) is 13.2. The van der Waals surface area contributed by atoms with Gasteiger partial charge in [0.2, 0.25) is 0 Å². The summed E-state index contributed by atoms with van der Waals surface area (Å²) in [5.74, 6) is 0.826. The van der Waals surface area contributed by atoms with E-state index in [0.29, 0.717) is 12.8 Å². The van der Waals surface area contributed by atoms with Crippen molar-refractivity contribution in [2.75, 3.05) is 6.54 Å². The minimum absolute atomic E-state index is 0.0836. The van der Waals surface area contributed by atoms with Gasteiger partial charge in [-0.2, -0.15) is 0 Å². The molecule has 15 heavy (non-hydrogen) atoms. The number of halogens is 1. The lowest BCUT2D eigenvalue weighted by Gasteiger charge is -2.01. The Morgan fingerprint density at radius 2 is 2.20 bits per heavy atom. The van der Waals surface area contributed by atoms with Gasteiger partial charge in [-0.15, -0.1) is 0 Å². The third kappa shape index (κ3) is 2.33. The maximum atomic E-state index is 12.9. The van der Waals surface area contributed by atoms with E-state index in [4.69, 9.17) is 5.73 Å². The van der Waals surface area contributed by atoms with Crippen LogP contribution in [0.5, 0.6) is 0 Å². The molecule has 0 radical (unpaired) electrons. The number of fused-ring (bicyclic) bond motifs is 1. The maximum Gasteiger partial charge on any atom is 0.113 e. The highest BCUT2D eigenvalue weighted by molar-refractivity contribution is 5.74. The van der Waals surface area contributed by atoms with Crippen LogP contribution in [0.4, 0.5) is 4.39 Å². The molecule has 0 amide bonds. The number of H-pyrrole nitrogens is 1. The highest BCUT2D eigenvalue weighted by Crippen LogP contribution is 2.12. The average Bonchev–Trinajstić information content (AvgIpc) is 2.68. The molecule has 3 N–H and O–H groups in total. The molecule has 1 aromatic heterocycles. The van der Waals surface area contributed by atoms with Crippen LogP contribution in [0.2, 0.25) is 0 Å². The average molecular weight is 207 g/mol. The van der Waals surface area contributed by atoms with Gasteiger partial charge in [0.1, 0.15) is 12.0 Å². The zero-order valence-corrected chi connectivity index (χ0v) is 8.41. The van der Waals surface area contributed by atoms with E-state index >= 15 is 0 Å². The van der Waals surface area contributed by atoms with E-state index in [1.54, 1.807) is 0 Å². The van der Waals surface area contributed by atoms with Crippen molar-refractivity contribution in [3.63, 3.8) is 0 Å². The summed E-state index contributed by atoms with van der Waals surface area (Å²) >= 11 is 0. The minimum Gasteiger partial charge on any atom is -0.342 e. The number of hydrogen-bond acceptors (Lipinski definition) is 2. The molecule has 0 spiro atoms. The number of benzene rings is 1. The molecule has 3 nitrogen and oxygen atoms in total. The Hall–Kier alpha value is -1.42. The third-order valence-corrected chi connectivity index (χ3v) is 2.39. The van der Waals surface area contributed by atoms with Crippen LogP contribution in [0.3, 0.4) is 0 Å². The highest BCUT2D eigenvalue weighted by Gasteiger charge is 2.06. The summed E-state index contributed by atoms with van der Waals surface area (Å²) in [6.07, 6.45) is 0.0989. The van der Waals surface area contributed by atoms with Gasteiger partial charge >= 0.3 is 0 Å². The summed E-state index contributed by atoms with van der Waals surface area (Å²) in [5, 5.41) is 0. The van der Waals surface area contributed by atoms with Gasteiger partial charge in [0, 0.05) is 13.0 Å². The molecule has 2 rings (SSSR count). The second-order valence-electron chi connectivity index (χ2n) is 3.57. The van der Waals surface area contributed by atoms with Gasteiger partial charge < -0.3 is 10.7 Å². The Morgan fingerprint density at radius 3 is 2.93 bits per heavy atom. The van der Waals surface area contributed by atoms with Crippen LogP contribution in [-0.4, -0.2) is 22.7 Å². The molecule has 1 unspecified atom stereocenters. The number of nitrogens with zero attached hydrogens (tertiary/aromatic N) is 1. The molecule has 0 aliphatic heterocycles. The van der Waals surface area contributed by atoms with E-state index in [1.807, 2.05) is 24.3 Å². The summed E-state index contributed by atoms with van der Waals surface area (Å²) in [4.78, 5) is 7.51. The van der Waals surface area contributed by atoms with Crippen molar-refractivity contribution in [2.45, 2.75) is 19.0 Å². The molecule has 0 saturated carbocycles. The second kappa shape index (κ2) is 4.40. The highest BCUT2D eigenvalue weighted by atomic mass is 19.1. The van der Waals surface area contributed by atoms with E-state index in [-0.39, 0.29) is 6.54 Å². The van der Waals surface area contributed by atoms with Crippen molar-refractivity contribution in [2.24, 2.45) is 5.73 Å². The van der Waals surface area contributed by atoms with Crippen molar-refractivity contribution < 1.29 is 4.39 Å². The molecular weight excluding hydrogens is 193 g/mol. The van der Waals surface area contributed by atoms with Crippen LogP contribution in [-0.2, 0) is 6.42 Å². The minimum atomic E-state index is -0.932. The van der Waals surface area contributed by atoms with Crippen LogP contribution in [0.15, 0.2) is 24.3 Å². The smallest absolute Gasteiger partial charge is 0.113 e. The first-order valence-electron chi connectivity index (χ1n) is 5.07. The number of nitrogens with one attached hydrogen (secondary N) is 1. The summed E-state index contributed by atoms with van der Waals surface area (Å²) < 4.78 is 12.9. The first-order chi connectivity index (χ1) is 7.29. The SMILES string of the molecule is NCC(F)CCc1nc2ccccc2[nH]1. The van der Waals surface area contributed by atoms with Crippen LogP contribution < -0.4 is 5.73 Å². The van der Waals surface area contributed by atoms with Gasteiger partial charge in [-0.05, 0) is 18.6 Å². The maximum absolute atomic E-state index is 12.9. The molecule has 0 aliphatic rings. The second-order valence-corrected chi connectivity index (χ2v) is 3.57. The van der Waals surface area contributed by atoms with Gasteiger partial charge in [0.15, 0.2) is 0 Å². The summed E-state index contributed by atoms with van der Waals surface area (Å²) in [6.45, 7) is 0.0836. The molecule has 0 aliphatic carbocycles. The predicted octanol–water partition coefficient (Wildman–Crippen LogP) is 1.79. The van der Waals surface area contributed by atoms with E-state index in [9.17, 15) is 4.39 Å². The zero-order valence-electron chi connectivity index (χ0n) is 8.41. The monoisotopic (exact) mass is 207 g/mol. The molecule has 80 valence electrons. The first-order valence-corrected chi connectivity index (χ1v) is 5.07. The van der Waals surface area contributed by atoms with Gasteiger partial charge in [0.05, 0.1) is 11.0 Å². The van der Waals surface area contributed by atoms with Crippen molar-refractivity contribution in [3.8, 4) is 0 Å². The van der Waals surface area contributed by atoms with Crippen molar-refractivity contribution in [1.82, 2.24) is 9.97 Å². The molecule has 1 heterocycles. The Labute approximate surface area is 87.5 Å². The van der Waals surface area contributed by atoms with E-state index in [2.05, 4.69) is 9.97 Å². The molecule has 0 bridgehead atoms. The Morgan fingerprint density at radius 1 is 1.40 bits per heavy atom. The molecule has 1 atom stereocenters. The first kappa shape index (κ1) is 10.1. The largest absolute Gasteiger partial charge is 0.342 e. The van der Waals surface area contributed by atoms with Crippen molar-refractivity contribution in [3.05, 3.63) is 30.1 Å². The van der Waals surface area contributed by atoms with Crippen LogP contribution >= 0.6 is 0 Å². The lowest BCUT2D eigenvalue weighted by Crippen LogP contribution is -2.15. The number of para-hydroxylation sites is 2. The molecule has 2 aromatic rings. The van der Waals surface area contributed by atoms with Gasteiger partial charge in [0.25, 0.3) is 0 Å². The molecule has 1 aromatic carbocycles. The molecule has 4 heteroatoms. The van der Waals surface area contributed by atoms with E-state index in [1.165, 1.54) is 0 Å². The lowest BCUT2D eigenvalue weighted by molar-refractivity contribution is 0.321. The number of aryl methyl sites for hydroxylation is 1. The summed E-state index contributed by atoms with van der Waals surface area (Å²) in [7, 11) is 0. The van der Waals surface area contributed by atoms with Crippen molar-refractivity contribution >= 4 is 11.0 Å². The number of rotatable bonds is 4. The van der Waals surface area contributed by atoms with Crippen molar-refractivity contribution in [1.29, 1.82) is 0 Å². The number of hydrogen-bond donors (Lipinski definition) is 2. The fourth-order valence-corrected chi connectivity index (χ4v) is 1.54. The van der Waals surface area contributed by atoms with Crippen LogP contribution in [0, 0.1) is 0 Å². The van der Waals surface area contributed by atoms with E-state index < -0.39 is 6.17 Å². The van der Waals surface area contributed by atoms with Gasteiger partial charge in [-0.3, -0.25) is 0 Å². The predicted molar refractivity (Wildman–Crippen MR) is 58.4 cm³/mol. The molecule has 0 saturated heterocycles. The zero-order chi connectivity index (χ0) is 10.7. The van der Waals surface area contributed by atoms with Crippen LogP contribution in [0.25, 0.3) is 11.0 Å². The van der Waals surface area contributed by atoms with Crippen LogP contribution in [0.1, 0.15) is 12.2 Å². The van der Waals surface area contributed by atoms with Gasteiger partial charge in [-0.1, -0.05) is 12.1 Å². The topological polar surface area (TPSA) is 54.7 Å². The third-order valence-electron chi connectivity index (χ3n) is 2.39. The van der Waals surface area contributed by atoms with Gasteiger partial charge in [-0.25, -0.2) is 9.37 Å². The lowest BCUT2D eigenvalue weighted by atomic mass is 10.2. The summed E-state index contributed by atoms with van der Waals surface area (Å²) in [6, 6.07) is 7.78. The summed E-state index contributed by atoms with van der Waals surface area (Å²) in [5.41, 5.74) is 7.13. The number of imidazole rings is 1. The Kier molecular flexibility index (Phi) is 2.97.